The maximum atomic E-state index is 13.4. The van der Waals surface area contributed by atoms with Crippen LogP contribution in [0.3, 0.4) is 0 Å². The fourth-order valence-corrected chi connectivity index (χ4v) is 4.49. The summed E-state index contributed by atoms with van der Waals surface area (Å²) in [5, 5.41) is 6.66. The van der Waals surface area contributed by atoms with E-state index in [9.17, 15) is 14.0 Å². The summed E-state index contributed by atoms with van der Waals surface area (Å²) in [5.74, 6) is 0.683. The molecule has 0 atom stereocenters. The van der Waals surface area contributed by atoms with Crippen LogP contribution < -0.4 is 10.1 Å². The van der Waals surface area contributed by atoms with Gasteiger partial charge in [0.25, 0.3) is 5.91 Å². The van der Waals surface area contributed by atoms with E-state index in [-0.39, 0.29) is 36.4 Å². The van der Waals surface area contributed by atoms with Crippen LogP contribution in [0.4, 0.5) is 4.39 Å². The Kier molecular flexibility index (Phi) is 8.71. The molecule has 7 nitrogen and oxygen atoms in total. The third-order valence-corrected chi connectivity index (χ3v) is 6.60. The highest BCUT2D eigenvalue weighted by Gasteiger charge is 2.27. The van der Waals surface area contributed by atoms with Crippen LogP contribution in [-0.2, 0) is 24.3 Å². The highest BCUT2D eigenvalue weighted by Crippen LogP contribution is 2.26. The molecule has 1 fully saturated rings. The number of carbonyl (C=O) groups is 2. The molecule has 1 aromatic heterocycles. The molecule has 3 aromatic rings. The minimum atomic E-state index is -0.391. The molecular weight excluding hydrogens is 461 g/mol. The van der Waals surface area contributed by atoms with Gasteiger partial charge in [-0.1, -0.05) is 48.7 Å². The van der Waals surface area contributed by atoms with Gasteiger partial charge < -0.3 is 19.5 Å². The van der Waals surface area contributed by atoms with Crippen molar-refractivity contribution in [2.45, 2.75) is 51.6 Å². The number of carbonyl (C=O) groups excluding carboxylic acids is 2. The van der Waals surface area contributed by atoms with Gasteiger partial charge in [-0.25, -0.2) is 4.39 Å². The normalized spacial score (nSPS) is 13.8. The maximum Gasteiger partial charge on any atom is 0.273 e. The van der Waals surface area contributed by atoms with E-state index in [1.807, 2.05) is 29.2 Å². The van der Waals surface area contributed by atoms with Crippen molar-refractivity contribution in [2.75, 3.05) is 13.7 Å². The third-order valence-electron chi connectivity index (χ3n) is 6.60. The molecule has 1 heterocycles. The molecule has 8 heteroatoms. The molecule has 190 valence electrons. The topological polar surface area (TPSA) is 84.7 Å². The second kappa shape index (κ2) is 12.3. The van der Waals surface area contributed by atoms with Crippen LogP contribution in [-0.4, -0.2) is 35.5 Å². The summed E-state index contributed by atoms with van der Waals surface area (Å²) < 4.78 is 23.7. The predicted molar refractivity (Wildman–Crippen MR) is 133 cm³/mol. The van der Waals surface area contributed by atoms with Gasteiger partial charge in [0.05, 0.1) is 13.7 Å². The highest BCUT2D eigenvalue weighted by molar-refractivity contribution is 5.92. The first-order valence-corrected chi connectivity index (χ1v) is 12.4. The third kappa shape index (κ3) is 6.93. The molecule has 0 spiro atoms. The first-order chi connectivity index (χ1) is 17.5. The molecule has 0 radical (unpaired) electrons. The zero-order valence-electron chi connectivity index (χ0n) is 20.5. The average Bonchev–Trinajstić information content (AvgIpc) is 3.39. The number of hydrogen-bond donors (Lipinski definition) is 1. The number of nitrogens with zero attached hydrogens (tertiary/aromatic N) is 2. The lowest BCUT2D eigenvalue weighted by atomic mass is 9.88. The minimum absolute atomic E-state index is 0.0241. The van der Waals surface area contributed by atoms with Gasteiger partial charge in [0.1, 0.15) is 11.6 Å². The summed E-state index contributed by atoms with van der Waals surface area (Å²) >= 11 is 0. The van der Waals surface area contributed by atoms with Gasteiger partial charge in [-0.05, 0) is 54.7 Å². The Morgan fingerprint density at radius 2 is 1.75 bits per heavy atom. The van der Waals surface area contributed by atoms with Crippen molar-refractivity contribution < 1.29 is 23.2 Å². The smallest absolute Gasteiger partial charge is 0.273 e. The molecule has 1 aliphatic carbocycles. The van der Waals surface area contributed by atoms with Gasteiger partial charge in [0.2, 0.25) is 5.91 Å². The van der Waals surface area contributed by atoms with Gasteiger partial charge in [-0.2, -0.15) is 0 Å². The summed E-state index contributed by atoms with van der Waals surface area (Å²) in [5.41, 5.74) is 2.03. The van der Waals surface area contributed by atoms with Gasteiger partial charge in [-0.3, -0.25) is 9.59 Å². The van der Waals surface area contributed by atoms with Crippen LogP contribution in [0.5, 0.6) is 5.75 Å². The van der Waals surface area contributed by atoms with Crippen LogP contribution in [0.1, 0.15) is 59.5 Å². The Morgan fingerprint density at radius 3 is 2.44 bits per heavy atom. The van der Waals surface area contributed by atoms with Crippen molar-refractivity contribution in [3.63, 3.8) is 0 Å². The van der Waals surface area contributed by atoms with Crippen LogP contribution >= 0.6 is 0 Å². The molecule has 1 N–H and O–H groups in total. The molecule has 2 aromatic carbocycles. The zero-order valence-corrected chi connectivity index (χ0v) is 20.5. The second-order valence-electron chi connectivity index (χ2n) is 9.18. The SMILES string of the molecule is COc1ccc(CCN(Cc2cc(C(=O)NCc3ccc(F)cc3)no2)C(=O)C2CCCCC2)cc1. The Balaban J connectivity index is 1.39. The number of halogens is 1. The van der Waals surface area contributed by atoms with Crippen LogP contribution in [0.15, 0.2) is 59.1 Å². The van der Waals surface area contributed by atoms with Crippen LogP contribution in [0, 0.1) is 11.7 Å². The number of rotatable bonds is 10. The number of hydrogen-bond acceptors (Lipinski definition) is 5. The lowest BCUT2D eigenvalue weighted by Crippen LogP contribution is -2.37. The molecule has 0 bridgehead atoms. The lowest BCUT2D eigenvalue weighted by Gasteiger charge is -2.28. The van der Waals surface area contributed by atoms with Gasteiger partial charge >= 0.3 is 0 Å². The summed E-state index contributed by atoms with van der Waals surface area (Å²) in [6.07, 6.45) is 5.83. The number of amides is 2. The van der Waals surface area contributed by atoms with E-state index >= 15 is 0 Å². The number of aromatic nitrogens is 1. The quantitative estimate of drug-likeness (QED) is 0.434. The fraction of sp³-hybridized carbons (Fsp3) is 0.393. The Hall–Kier alpha value is -3.68. The van der Waals surface area contributed by atoms with Crippen molar-refractivity contribution in [2.24, 2.45) is 5.92 Å². The van der Waals surface area contributed by atoms with Crippen molar-refractivity contribution in [1.29, 1.82) is 0 Å². The predicted octanol–water partition coefficient (Wildman–Crippen LogP) is 4.90. The Bertz CT molecular complexity index is 1140. The first kappa shape index (κ1) is 25.4. The van der Waals surface area contributed by atoms with Crippen LogP contribution in [0.2, 0.25) is 0 Å². The molecule has 1 saturated carbocycles. The first-order valence-electron chi connectivity index (χ1n) is 12.4. The van der Waals surface area contributed by atoms with Gasteiger partial charge in [0, 0.05) is 25.1 Å². The van der Waals surface area contributed by atoms with Crippen molar-refractivity contribution in [3.8, 4) is 5.75 Å². The summed E-state index contributed by atoms with van der Waals surface area (Å²) in [6.45, 7) is 1.04. The minimum Gasteiger partial charge on any atom is -0.497 e. The van der Waals surface area contributed by atoms with Crippen LogP contribution in [0.25, 0.3) is 0 Å². The van der Waals surface area contributed by atoms with Gasteiger partial charge in [0.15, 0.2) is 11.5 Å². The zero-order chi connectivity index (χ0) is 25.3. The van der Waals surface area contributed by atoms with Crippen molar-refractivity contribution >= 4 is 11.8 Å². The Labute approximate surface area is 210 Å². The average molecular weight is 494 g/mol. The van der Waals surface area contributed by atoms with E-state index in [1.165, 1.54) is 18.6 Å². The molecule has 36 heavy (non-hydrogen) atoms. The molecule has 0 aliphatic heterocycles. The maximum absolute atomic E-state index is 13.4. The summed E-state index contributed by atoms with van der Waals surface area (Å²) in [4.78, 5) is 27.7. The van der Waals surface area contributed by atoms with Crippen molar-refractivity contribution in [1.82, 2.24) is 15.4 Å². The fourth-order valence-electron chi connectivity index (χ4n) is 4.49. The van der Waals surface area contributed by atoms with E-state index in [0.29, 0.717) is 18.7 Å². The molecule has 4 rings (SSSR count). The highest BCUT2D eigenvalue weighted by atomic mass is 19.1. The van der Waals surface area contributed by atoms with Gasteiger partial charge in [-0.15, -0.1) is 0 Å². The molecule has 0 unspecified atom stereocenters. The molecular formula is C28H32FN3O4. The number of ether oxygens (including phenoxy) is 1. The summed E-state index contributed by atoms with van der Waals surface area (Å²) in [6, 6.07) is 15.3. The van der Waals surface area contributed by atoms with E-state index in [4.69, 9.17) is 9.26 Å². The molecule has 1 aliphatic rings. The largest absolute Gasteiger partial charge is 0.497 e. The van der Waals surface area contributed by atoms with E-state index in [1.54, 1.807) is 25.3 Å². The van der Waals surface area contributed by atoms with E-state index in [0.717, 1.165) is 42.6 Å². The lowest BCUT2D eigenvalue weighted by molar-refractivity contribution is -0.137. The monoisotopic (exact) mass is 493 g/mol. The summed E-state index contributed by atoms with van der Waals surface area (Å²) in [7, 11) is 1.63. The van der Waals surface area contributed by atoms with Crippen molar-refractivity contribution in [3.05, 3.63) is 83.0 Å². The number of benzene rings is 2. The van der Waals surface area contributed by atoms with E-state index < -0.39 is 5.91 Å². The van der Waals surface area contributed by atoms with E-state index in [2.05, 4.69) is 10.5 Å². The number of methoxy groups -OCH3 is 1. The molecule has 2 amide bonds. The number of nitrogens with one attached hydrogen (secondary N) is 1. The second-order valence-corrected chi connectivity index (χ2v) is 9.18. The molecule has 0 saturated heterocycles. The Morgan fingerprint density at radius 1 is 1.06 bits per heavy atom. The standard InChI is InChI=1S/C28H32FN3O4/c1-35-24-13-9-20(10-14-24)15-16-32(28(34)22-5-3-2-4-6-22)19-25-17-26(31-36-25)27(33)30-18-21-7-11-23(29)12-8-21/h7-14,17,22H,2-6,15-16,18-19H2,1H3,(H,30,33).